The number of rotatable bonds is 4. The lowest BCUT2D eigenvalue weighted by atomic mass is 10.1. The molecule has 1 amide bonds. The second kappa shape index (κ2) is 9.13. The number of thioether (sulfide) groups is 1. The number of hydrogen-bond donors (Lipinski definition) is 1. The topological polar surface area (TPSA) is 41.5 Å². The Hall–Kier alpha value is -2.47. The molecule has 1 fully saturated rings. The zero-order valence-corrected chi connectivity index (χ0v) is 18.9. The molecule has 1 heterocycles. The molecule has 0 radical (unpaired) electrons. The van der Waals surface area contributed by atoms with Crippen molar-refractivity contribution >= 4 is 58.0 Å². The van der Waals surface area contributed by atoms with Crippen molar-refractivity contribution in [2.45, 2.75) is 23.6 Å². The van der Waals surface area contributed by atoms with Crippen molar-refractivity contribution in [1.82, 2.24) is 5.32 Å². The predicted molar refractivity (Wildman–Crippen MR) is 129 cm³/mol. The van der Waals surface area contributed by atoms with Gasteiger partial charge in [0.15, 0.2) is 5.17 Å². The summed E-state index contributed by atoms with van der Waals surface area (Å²) in [5, 5.41) is 4.18. The molecule has 1 N–H and O–H groups in total. The summed E-state index contributed by atoms with van der Waals surface area (Å²) in [7, 11) is 0. The number of benzene rings is 3. The summed E-state index contributed by atoms with van der Waals surface area (Å²) in [4.78, 5) is 19.8. The fourth-order valence-electron chi connectivity index (χ4n) is 2.82. The van der Waals surface area contributed by atoms with Crippen molar-refractivity contribution in [3.05, 3.63) is 93.3 Å². The number of hydrogen-bond acceptors (Lipinski definition) is 4. The lowest BCUT2D eigenvalue weighted by Gasteiger charge is -2.03. The van der Waals surface area contributed by atoms with E-state index >= 15 is 0 Å². The molecule has 0 spiro atoms. The van der Waals surface area contributed by atoms with E-state index in [-0.39, 0.29) is 5.91 Å². The van der Waals surface area contributed by atoms with Crippen LogP contribution in [0.4, 0.5) is 5.69 Å². The molecule has 0 saturated carbocycles. The average Bonchev–Trinajstić information content (AvgIpc) is 3.07. The Morgan fingerprint density at radius 2 is 1.60 bits per heavy atom. The van der Waals surface area contributed by atoms with Crippen LogP contribution >= 0.6 is 35.1 Å². The molecular formula is C24H19ClN2OS2. The Labute approximate surface area is 189 Å². The van der Waals surface area contributed by atoms with Gasteiger partial charge in [0.1, 0.15) is 0 Å². The maximum Gasteiger partial charge on any atom is 0.264 e. The number of nitrogens with zero attached hydrogens (tertiary/aromatic N) is 1. The van der Waals surface area contributed by atoms with Crippen LogP contribution in [0.15, 0.2) is 86.4 Å². The summed E-state index contributed by atoms with van der Waals surface area (Å²) in [6.07, 6.45) is 1.89. The van der Waals surface area contributed by atoms with E-state index < -0.39 is 0 Å². The van der Waals surface area contributed by atoms with Crippen LogP contribution in [0, 0.1) is 13.8 Å². The van der Waals surface area contributed by atoms with Crippen LogP contribution in [0.25, 0.3) is 6.08 Å². The molecule has 3 aromatic rings. The summed E-state index contributed by atoms with van der Waals surface area (Å²) < 4.78 is 0. The molecular weight excluding hydrogens is 432 g/mol. The maximum atomic E-state index is 12.3. The second-order valence-electron chi connectivity index (χ2n) is 6.88. The summed E-state index contributed by atoms with van der Waals surface area (Å²) in [6.45, 7) is 4.12. The van der Waals surface area contributed by atoms with Crippen LogP contribution in [-0.2, 0) is 4.79 Å². The Kier molecular flexibility index (Phi) is 6.32. The van der Waals surface area contributed by atoms with Gasteiger partial charge in [0, 0.05) is 14.8 Å². The number of amides is 1. The van der Waals surface area contributed by atoms with Gasteiger partial charge in [0.05, 0.1) is 10.6 Å². The Bertz CT molecular complexity index is 1150. The Balaban J connectivity index is 1.46. The van der Waals surface area contributed by atoms with Crippen LogP contribution in [0.5, 0.6) is 0 Å². The molecule has 0 aromatic heterocycles. The van der Waals surface area contributed by atoms with Crippen LogP contribution in [0.3, 0.4) is 0 Å². The van der Waals surface area contributed by atoms with Crippen molar-refractivity contribution in [2.24, 2.45) is 4.99 Å². The largest absolute Gasteiger partial charge is 0.300 e. The van der Waals surface area contributed by atoms with Crippen molar-refractivity contribution < 1.29 is 4.79 Å². The third kappa shape index (κ3) is 5.17. The first-order valence-corrected chi connectivity index (χ1v) is 11.4. The molecule has 150 valence electrons. The summed E-state index contributed by atoms with van der Waals surface area (Å²) >= 11 is 8.97. The lowest BCUT2D eigenvalue weighted by Crippen LogP contribution is -2.19. The summed E-state index contributed by atoms with van der Waals surface area (Å²) in [5.41, 5.74) is 4.21. The third-order valence-electron chi connectivity index (χ3n) is 4.60. The number of carbonyl (C=O) groups is 1. The molecule has 1 aliphatic rings. The highest BCUT2D eigenvalue weighted by Crippen LogP contribution is 2.31. The number of aryl methyl sites for hydroxylation is 2. The number of carbonyl (C=O) groups excluding carboxylic acids is 1. The number of halogens is 1. The molecule has 30 heavy (non-hydrogen) atoms. The molecule has 1 saturated heterocycles. The van der Waals surface area contributed by atoms with Gasteiger partial charge in [-0.25, -0.2) is 4.99 Å². The van der Waals surface area contributed by atoms with E-state index in [0.29, 0.717) is 10.1 Å². The summed E-state index contributed by atoms with van der Waals surface area (Å²) in [6, 6.07) is 21.9. The maximum absolute atomic E-state index is 12.3. The van der Waals surface area contributed by atoms with Crippen molar-refractivity contribution in [3.8, 4) is 0 Å². The first-order chi connectivity index (χ1) is 14.5. The van der Waals surface area contributed by atoms with Crippen LogP contribution in [-0.4, -0.2) is 11.1 Å². The van der Waals surface area contributed by atoms with Gasteiger partial charge in [0.2, 0.25) is 0 Å². The fourth-order valence-corrected chi connectivity index (χ4v) is 4.60. The molecule has 3 aromatic carbocycles. The SMILES string of the molecule is Cc1ccc(N=C2NC(=O)/C(=C/c3ccc(Sc4ccc(Cl)cc4)cc3)S2)cc1C. The first-order valence-electron chi connectivity index (χ1n) is 9.36. The van der Waals surface area contributed by atoms with E-state index in [4.69, 9.17) is 11.6 Å². The third-order valence-corrected chi connectivity index (χ3v) is 6.78. The van der Waals surface area contributed by atoms with E-state index in [1.807, 2.05) is 72.8 Å². The number of nitrogens with one attached hydrogen (secondary N) is 1. The monoisotopic (exact) mass is 450 g/mol. The van der Waals surface area contributed by atoms with E-state index in [0.717, 1.165) is 26.1 Å². The zero-order chi connectivity index (χ0) is 21.1. The molecule has 0 unspecified atom stereocenters. The molecule has 4 rings (SSSR count). The Morgan fingerprint density at radius 1 is 0.933 bits per heavy atom. The van der Waals surface area contributed by atoms with Gasteiger partial charge >= 0.3 is 0 Å². The number of aliphatic imine (C=N–C) groups is 1. The van der Waals surface area contributed by atoms with Gasteiger partial charge in [-0.2, -0.15) is 0 Å². The van der Waals surface area contributed by atoms with E-state index in [9.17, 15) is 4.79 Å². The second-order valence-corrected chi connectivity index (χ2v) is 9.49. The standard InChI is InChI=1S/C24H19ClN2OS2/c1-15-3-8-19(13-16(15)2)26-24-27-23(28)22(30-24)14-17-4-9-20(10-5-17)29-21-11-6-18(25)7-12-21/h3-14H,1-2H3,(H,26,27,28)/b22-14-. The van der Waals surface area contributed by atoms with Gasteiger partial charge < -0.3 is 5.32 Å². The minimum atomic E-state index is -0.123. The molecule has 0 bridgehead atoms. The molecule has 0 atom stereocenters. The minimum Gasteiger partial charge on any atom is -0.300 e. The normalized spacial score (nSPS) is 16.3. The van der Waals surface area contributed by atoms with E-state index in [1.165, 1.54) is 22.9 Å². The number of amidine groups is 1. The van der Waals surface area contributed by atoms with Gasteiger partial charge in [-0.1, -0.05) is 41.6 Å². The van der Waals surface area contributed by atoms with Crippen molar-refractivity contribution in [1.29, 1.82) is 0 Å². The Morgan fingerprint density at radius 3 is 2.27 bits per heavy atom. The predicted octanol–water partition coefficient (Wildman–Crippen LogP) is 7.00. The molecule has 0 aliphatic carbocycles. The van der Waals surface area contributed by atoms with Gasteiger partial charge in [-0.05, 0) is 96.9 Å². The highest BCUT2D eigenvalue weighted by Gasteiger charge is 2.23. The zero-order valence-electron chi connectivity index (χ0n) is 16.5. The van der Waals surface area contributed by atoms with Crippen molar-refractivity contribution in [2.75, 3.05) is 0 Å². The van der Waals surface area contributed by atoms with Crippen molar-refractivity contribution in [3.63, 3.8) is 0 Å². The molecule has 6 heteroatoms. The lowest BCUT2D eigenvalue weighted by molar-refractivity contribution is -0.115. The van der Waals surface area contributed by atoms with Crippen LogP contribution < -0.4 is 5.32 Å². The van der Waals surface area contributed by atoms with Crippen LogP contribution in [0.2, 0.25) is 5.02 Å². The quantitative estimate of drug-likeness (QED) is 0.435. The highest BCUT2D eigenvalue weighted by molar-refractivity contribution is 8.18. The molecule has 1 aliphatic heterocycles. The van der Waals surface area contributed by atoms with E-state index in [1.54, 1.807) is 11.8 Å². The summed E-state index contributed by atoms with van der Waals surface area (Å²) in [5.74, 6) is -0.123. The van der Waals surface area contributed by atoms with Gasteiger partial charge in [-0.3, -0.25) is 4.79 Å². The van der Waals surface area contributed by atoms with Gasteiger partial charge in [0.25, 0.3) is 5.91 Å². The van der Waals surface area contributed by atoms with E-state index in [2.05, 4.69) is 24.2 Å². The van der Waals surface area contributed by atoms with Crippen LogP contribution in [0.1, 0.15) is 16.7 Å². The van der Waals surface area contributed by atoms with Gasteiger partial charge in [-0.15, -0.1) is 0 Å². The molecule has 3 nitrogen and oxygen atoms in total. The smallest absolute Gasteiger partial charge is 0.264 e. The minimum absolute atomic E-state index is 0.123. The highest BCUT2D eigenvalue weighted by atomic mass is 35.5. The first kappa shape index (κ1) is 20.8. The average molecular weight is 451 g/mol. The fraction of sp³-hybridized carbons (Fsp3) is 0.0833.